The molecule has 7 heteroatoms. The summed E-state index contributed by atoms with van der Waals surface area (Å²) < 4.78 is 6.58. The number of hydrogen-bond donors (Lipinski definition) is 0. The SMILES string of the molecule is CC(=O)OC1CCc2c3c(n(C(C)=O)c21)C(=O)C(N1CC1)=CC3=O. The molecule has 0 radical (unpaired) electrons. The van der Waals surface area contributed by atoms with E-state index in [0.717, 1.165) is 13.1 Å². The van der Waals surface area contributed by atoms with Crippen molar-refractivity contribution in [1.29, 1.82) is 0 Å². The molecule has 1 aromatic heterocycles. The zero-order valence-electron chi connectivity index (χ0n) is 13.4. The number of Topliss-reactive ketones (excluding diaryl/α,β-unsaturated/α-hetero) is 1. The minimum atomic E-state index is -0.600. The summed E-state index contributed by atoms with van der Waals surface area (Å²) in [7, 11) is 0. The predicted octanol–water partition coefficient (Wildman–Crippen LogP) is 1.28. The number of ether oxygens (including phenoxy) is 1. The Labute approximate surface area is 137 Å². The normalized spacial score (nSPS) is 21.3. The first-order chi connectivity index (χ1) is 11.4. The van der Waals surface area contributed by atoms with Gasteiger partial charge in [0.15, 0.2) is 5.78 Å². The van der Waals surface area contributed by atoms with Crippen LogP contribution in [0.15, 0.2) is 11.8 Å². The fraction of sp³-hybridized carbons (Fsp3) is 0.412. The monoisotopic (exact) mass is 328 g/mol. The van der Waals surface area contributed by atoms with E-state index in [-0.39, 0.29) is 23.2 Å². The third-order valence-corrected chi connectivity index (χ3v) is 4.65. The molecule has 1 unspecified atom stereocenters. The number of rotatable bonds is 2. The highest BCUT2D eigenvalue weighted by Crippen LogP contribution is 2.42. The van der Waals surface area contributed by atoms with Crippen molar-refractivity contribution in [3.63, 3.8) is 0 Å². The molecular formula is C17H16N2O5. The quantitative estimate of drug-likeness (QED) is 0.600. The molecule has 124 valence electrons. The third-order valence-electron chi connectivity index (χ3n) is 4.65. The third kappa shape index (κ3) is 1.97. The van der Waals surface area contributed by atoms with E-state index in [2.05, 4.69) is 0 Å². The van der Waals surface area contributed by atoms with Crippen molar-refractivity contribution in [1.82, 2.24) is 9.47 Å². The summed E-state index contributed by atoms with van der Waals surface area (Å²) in [5, 5.41) is 0. The maximum Gasteiger partial charge on any atom is 0.303 e. The summed E-state index contributed by atoms with van der Waals surface area (Å²) >= 11 is 0. The summed E-state index contributed by atoms with van der Waals surface area (Å²) in [5.74, 6) is -1.39. The fourth-order valence-corrected chi connectivity index (χ4v) is 3.67. The Balaban J connectivity index is 1.92. The van der Waals surface area contributed by atoms with Crippen LogP contribution in [0.4, 0.5) is 0 Å². The van der Waals surface area contributed by atoms with Crippen molar-refractivity contribution in [3.8, 4) is 0 Å². The van der Waals surface area contributed by atoms with E-state index in [1.54, 1.807) is 4.90 Å². The molecule has 2 heterocycles. The lowest BCUT2D eigenvalue weighted by Gasteiger charge is -2.18. The highest BCUT2D eigenvalue weighted by Gasteiger charge is 2.43. The maximum atomic E-state index is 12.9. The molecule has 0 N–H and O–H groups in total. The van der Waals surface area contributed by atoms with Gasteiger partial charge in [-0.2, -0.15) is 0 Å². The van der Waals surface area contributed by atoms with Gasteiger partial charge in [0, 0.05) is 33.0 Å². The highest BCUT2D eigenvalue weighted by atomic mass is 16.5. The summed E-state index contributed by atoms with van der Waals surface area (Å²) in [6.07, 6.45) is 1.77. The van der Waals surface area contributed by atoms with Gasteiger partial charge in [-0.15, -0.1) is 0 Å². The van der Waals surface area contributed by atoms with Crippen molar-refractivity contribution in [2.45, 2.75) is 32.8 Å². The lowest BCUT2D eigenvalue weighted by Crippen LogP contribution is -2.26. The van der Waals surface area contributed by atoms with E-state index in [4.69, 9.17) is 4.74 Å². The molecule has 1 fully saturated rings. The Bertz CT molecular complexity index is 857. The topological polar surface area (TPSA) is 85.5 Å². The number of ketones is 2. The molecule has 1 aromatic rings. The Morgan fingerprint density at radius 3 is 2.50 bits per heavy atom. The first-order valence-electron chi connectivity index (χ1n) is 7.91. The molecular weight excluding hydrogens is 312 g/mol. The predicted molar refractivity (Wildman–Crippen MR) is 81.9 cm³/mol. The van der Waals surface area contributed by atoms with Crippen LogP contribution < -0.4 is 0 Å². The number of carbonyl (C=O) groups excluding carboxylic acids is 4. The Hall–Kier alpha value is -2.70. The molecule has 0 aromatic carbocycles. The van der Waals surface area contributed by atoms with Crippen molar-refractivity contribution in [3.05, 3.63) is 34.3 Å². The van der Waals surface area contributed by atoms with Crippen LogP contribution >= 0.6 is 0 Å². The zero-order chi connectivity index (χ0) is 17.2. The molecule has 7 nitrogen and oxygen atoms in total. The molecule has 4 rings (SSSR count). The molecule has 0 saturated carbocycles. The summed E-state index contributed by atoms with van der Waals surface area (Å²) in [6.45, 7) is 4.11. The average Bonchev–Trinajstić information content (AvgIpc) is 3.17. The van der Waals surface area contributed by atoms with Gasteiger partial charge in [-0.05, 0) is 18.4 Å². The van der Waals surface area contributed by atoms with Gasteiger partial charge in [0.2, 0.25) is 11.7 Å². The Morgan fingerprint density at radius 1 is 1.21 bits per heavy atom. The van der Waals surface area contributed by atoms with Crippen molar-refractivity contribution in [2.75, 3.05) is 13.1 Å². The van der Waals surface area contributed by atoms with E-state index >= 15 is 0 Å². The van der Waals surface area contributed by atoms with Gasteiger partial charge in [-0.25, -0.2) is 0 Å². The Morgan fingerprint density at radius 2 is 1.92 bits per heavy atom. The largest absolute Gasteiger partial charge is 0.456 e. The van der Waals surface area contributed by atoms with Crippen LogP contribution in [0.5, 0.6) is 0 Å². The molecule has 3 aliphatic rings. The number of aromatic nitrogens is 1. The molecule has 0 amide bonds. The van der Waals surface area contributed by atoms with Crippen LogP contribution in [0.1, 0.15) is 63.3 Å². The van der Waals surface area contributed by atoms with Crippen LogP contribution in [-0.4, -0.2) is 46.0 Å². The molecule has 24 heavy (non-hydrogen) atoms. The number of hydrogen-bond acceptors (Lipinski definition) is 6. The van der Waals surface area contributed by atoms with Crippen LogP contribution in [0.25, 0.3) is 0 Å². The van der Waals surface area contributed by atoms with E-state index in [1.807, 2.05) is 0 Å². The zero-order valence-corrected chi connectivity index (χ0v) is 13.4. The van der Waals surface area contributed by atoms with Gasteiger partial charge in [0.25, 0.3) is 0 Å². The van der Waals surface area contributed by atoms with E-state index in [0.29, 0.717) is 35.4 Å². The maximum absolute atomic E-state index is 12.9. The van der Waals surface area contributed by atoms with E-state index < -0.39 is 12.1 Å². The second-order valence-corrected chi connectivity index (χ2v) is 6.29. The number of nitrogens with zero attached hydrogens (tertiary/aromatic N) is 2. The molecule has 1 aliphatic heterocycles. The second-order valence-electron chi connectivity index (χ2n) is 6.29. The molecule has 1 saturated heterocycles. The highest BCUT2D eigenvalue weighted by molar-refractivity contribution is 6.25. The minimum Gasteiger partial charge on any atom is -0.456 e. The van der Waals surface area contributed by atoms with Crippen LogP contribution in [0.3, 0.4) is 0 Å². The van der Waals surface area contributed by atoms with Crippen LogP contribution in [0.2, 0.25) is 0 Å². The summed E-state index contributed by atoms with van der Waals surface area (Å²) in [5.41, 5.74) is 1.90. The van der Waals surface area contributed by atoms with E-state index in [1.165, 1.54) is 24.5 Å². The molecule has 0 spiro atoms. The van der Waals surface area contributed by atoms with Gasteiger partial charge in [-0.3, -0.25) is 23.7 Å². The van der Waals surface area contributed by atoms with Gasteiger partial charge in [0.1, 0.15) is 11.8 Å². The standard InChI is InChI=1S/C17H16N2O5/c1-8(20)19-15-10(3-4-13(15)24-9(2)21)14-12(22)7-11(18-5-6-18)17(23)16(14)19/h7,13H,3-6H2,1-2H3. The molecule has 0 bridgehead atoms. The number of esters is 1. The van der Waals surface area contributed by atoms with Gasteiger partial charge in [-0.1, -0.05) is 0 Å². The van der Waals surface area contributed by atoms with Crippen molar-refractivity contribution < 1.29 is 23.9 Å². The van der Waals surface area contributed by atoms with Crippen LogP contribution in [0, 0.1) is 0 Å². The van der Waals surface area contributed by atoms with Crippen molar-refractivity contribution in [2.24, 2.45) is 0 Å². The molecule has 2 aliphatic carbocycles. The van der Waals surface area contributed by atoms with Gasteiger partial charge >= 0.3 is 5.97 Å². The lowest BCUT2D eigenvalue weighted by molar-refractivity contribution is -0.146. The fourth-order valence-electron chi connectivity index (χ4n) is 3.67. The first-order valence-corrected chi connectivity index (χ1v) is 7.91. The first kappa shape index (κ1) is 14.9. The number of carbonyl (C=O) groups is 4. The smallest absolute Gasteiger partial charge is 0.303 e. The summed E-state index contributed by atoms with van der Waals surface area (Å²) in [4.78, 5) is 50.9. The van der Waals surface area contributed by atoms with Gasteiger partial charge < -0.3 is 9.64 Å². The molecule has 1 atom stereocenters. The van der Waals surface area contributed by atoms with Crippen LogP contribution in [-0.2, 0) is 16.0 Å². The minimum absolute atomic E-state index is 0.124. The van der Waals surface area contributed by atoms with Crippen molar-refractivity contribution >= 4 is 23.4 Å². The van der Waals surface area contributed by atoms with Gasteiger partial charge in [0.05, 0.1) is 17.0 Å². The second kappa shape index (κ2) is 4.90. The number of fused-ring (bicyclic) bond motifs is 3. The average molecular weight is 328 g/mol. The summed E-state index contributed by atoms with van der Waals surface area (Å²) in [6, 6.07) is 0. The number of allylic oxidation sites excluding steroid dienone is 2. The lowest BCUT2D eigenvalue weighted by atomic mass is 9.95. The van der Waals surface area contributed by atoms with E-state index in [9.17, 15) is 19.2 Å². The Kier molecular flexibility index (Phi) is 3.03.